The van der Waals surface area contributed by atoms with Gasteiger partial charge in [0, 0.05) is 25.1 Å². The zero-order valence-electron chi connectivity index (χ0n) is 21.9. The van der Waals surface area contributed by atoms with E-state index in [-0.39, 0.29) is 37.5 Å². The molecule has 1 aliphatic rings. The Hall–Kier alpha value is -4.67. The highest BCUT2D eigenvalue weighted by molar-refractivity contribution is 5.92. The zero-order chi connectivity index (χ0) is 27.9. The van der Waals surface area contributed by atoms with Gasteiger partial charge >= 0.3 is 5.97 Å². The van der Waals surface area contributed by atoms with Crippen LogP contribution in [0.5, 0.6) is 28.7 Å². The van der Waals surface area contributed by atoms with Gasteiger partial charge in [0.1, 0.15) is 11.3 Å². The van der Waals surface area contributed by atoms with Crippen LogP contribution >= 0.6 is 0 Å². The van der Waals surface area contributed by atoms with Crippen LogP contribution in [0, 0.1) is 0 Å². The predicted octanol–water partition coefficient (Wildman–Crippen LogP) is 3.23. The highest BCUT2D eigenvalue weighted by Gasteiger charge is 2.29. The van der Waals surface area contributed by atoms with Gasteiger partial charge in [0.25, 0.3) is 5.56 Å². The van der Waals surface area contributed by atoms with Crippen molar-refractivity contribution in [2.75, 3.05) is 27.1 Å². The van der Waals surface area contributed by atoms with E-state index in [4.69, 9.17) is 23.7 Å². The molecule has 0 spiro atoms. The van der Waals surface area contributed by atoms with Crippen molar-refractivity contribution in [3.05, 3.63) is 75.2 Å². The quantitative estimate of drug-likeness (QED) is 0.313. The van der Waals surface area contributed by atoms with Gasteiger partial charge in [-0.25, -0.2) is 4.79 Å². The molecule has 0 radical (unpaired) electrons. The lowest BCUT2D eigenvalue weighted by Gasteiger charge is -2.20. The van der Waals surface area contributed by atoms with Gasteiger partial charge in [-0.15, -0.1) is 0 Å². The Kier molecular flexibility index (Phi) is 8.60. The Morgan fingerprint density at radius 2 is 1.87 bits per heavy atom. The Bertz CT molecular complexity index is 1420. The van der Waals surface area contributed by atoms with Gasteiger partial charge in [0.2, 0.25) is 12.7 Å². The number of rotatable bonds is 11. The van der Waals surface area contributed by atoms with Crippen LogP contribution in [0.3, 0.4) is 0 Å². The first kappa shape index (κ1) is 27.4. The van der Waals surface area contributed by atoms with Crippen molar-refractivity contribution in [1.29, 1.82) is 0 Å². The smallest absolute Gasteiger partial charge is 0.343 e. The molecule has 39 heavy (non-hydrogen) atoms. The van der Waals surface area contributed by atoms with Crippen molar-refractivity contribution < 1.29 is 38.4 Å². The van der Waals surface area contributed by atoms with E-state index in [9.17, 15) is 19.5 Å². The number of ether oxygens (including phenoxy) is 5. The van der Waals surface area contributed by atoms with Crippen LogP contribution in [0.15, 0.2) is 47.4 Å². The molecule has 0 saturated carbocycles. The molecule has 3 aromatic rings. The topological polar surface area (TPSA) is 145 Å². The molecule has 11 nitrogen and oxygen atoms in total. The number of methoxy groups -OCH3 is 1. The van der Waals surface area contributed by atoms with E-state index in [1.165, 1.54) is 0 Å². The molecule has 0 unspecified atom stereocenters. The highest BCUT2D eigenvalue weighted by Crippen LogP contribution is 2.39. The lowest BCUT2D eigenvalue weighted by molar-refractivity contribution is -0.121. The van der Waals surface area contributed by atoms with Crippen LogP contribution in [0.1, 0.15) is 53.2 Å². The number of pyridine rings is 1. The van der Waals surface area contributed by atoms with Gasteiger partial charge < -0.3 is 39.1 Å². The van der Waals surface area contributed by atoms with Crippen LogP contribution in [-0.2, 0) is 16.1 Å². The fourth-order valence-corrected chi connectivity index (χ4v) is 4.30. The molecule has 3 N–H and O–H groups in total. The third-order valence-corrected chi connectivity index (χ3v) is 6.15. The van der Waals surface area contributed by atoms with Gasteiger partial charge in [-0.05, 0) is 49.2 Å². The Balaban J connectivity index is 1.64. The zero-order valence-corrected chi connectivity index (χ0v) is 21.9. The molecule has 2 heterocycles. The summed E-state index contributed by atoms with van der Waals surface area (Å²) in [4.78, 5) is 41.0. The lowest BCUT2D eigenvalue weighted by atomic mass is 9.87. The number of benzene rings is 2. The molecular weight excluding hydrogens is 508 g/mol. The third kappa shape index (κ3) is 6.08. The van der Waals surface area contributed by atoms with Gasteiger partial charge in [0.05, 0.1) is 25.9 Å². The van der Waals surface area contributed by atoms with E-state index >= 15 is 0 Å². The van der Waals surface area contributed by atoms with Crippen LogP contribution in [0.4, 0.5) is 0 Å². The second-order valence-electron chi connectivity index (χ2n) is 8.58. The molecule has 206 valence electrons. The van der Waals surface area contributed by atoms with Gasteiger partial charge in [-0.2, -0.15) is 0 Å². The Morgan fingerprint density at radius 3 is 2.62 bits per heavy atom. The number of carbonyl (C=O) groups excluding carboxylic acids is 2. The van der Waals surface area contributed by atoms with Gasteiger partial charge in [-0.3, -0.25) is 9.59 Å². The molecule has 0 aliphatic carbocycles. The first-order valence-electron chi connectivity index (χ1n) is 12.4. The first-order valence-corrected chi connectivity index (χ1v) is 12.4. The number of aromatic hydroxyl groups is 1. The van der Waals surface area contributed by atoms with Crippen molar-refractivity contribution in [3.63, 3.8) is 0 Å². The summed E-state index contributed by atoms with van der Waals surface area (Å²) < 4.78 is 26.8. The number of amides is 1. The SMILES string of the molecule is CCOC(=O)c1c[nH]c(=O)c([C@H](CC(=O)NCc2ccc(OC)c(OCC)c2)c2ccc3c(c2)OCO3)c1O. The first-order chi connectivity index (χ1) is 18.9. The normalized spacial score (nSPS) is 12.5. The molecular formula is C28H30N2O9. The van der Waals surface area contributed by atoms with Crippen LogP contribution in [-0.4, -0.2) is 49.1 Å². The number of nitrogens with one attached hydrogen (secondary N) is 2. The van der Waals surface area contributed by atoms with Crippen LogP contribution in [0.2, 0.25) is 0 Å². The summed E-state index contributed by atoms with van der Waals surface area (Å²) in [6.07, 6.45) is 0.882. The number of esters is 1. The van der Waals surface area contributed by atoms with E-state index in [0.717, 1.165) is 11.8 Å². The third-order valence-electron chi connectivity index (χ3n) is 6.15. The predicted molar refractivity (Wildman–Crippen MR) is 140 cm³/mol. The minimum Gasteiger partial charge on any atom is -0.506 e. The number of hydrogen-bond donors (Lipinski definition) is 3. The maximum atomic E-state index is 13.2. The standard InChI is InChI=1S/C28H30N2O9/c1-4-36-22-10-16(6-8-20(22)35-3)13-29-24(31)12-18(17-7-9-21-23(11-17)39-15-38-21)25-26(32)19(14-30-27(25)33)28(34)37-5-2/h6-11,14,18H,4-5,12-13,15H2,1-3H3,(H,29,31)(H2,30,32,33)/t18-/m1/s1. The van der Waals surface area contributed by atoms with E-state index < -0.39 is 29.1 Å². The van der Waals surface area contributed by atoms with Crippen molar-refractivity contribution in [2.45, 2.75) is 32.7 Å². The molecule has 1 atom stereocenters. The van der Waals surface area contributed by atoms with E-state index in [0.29, 0.717) is 35.2 Å². The number of carbonyl (C=O) groups is 2. The summed E-state index contributed by atoms with van der Waals surface area (Å²) in [6, 6.07) is 10.3. The van der Waals surface area contributed by atoms with Crippen molar-refractivity contribution in [3.8, 4) is 28.7 Å². The lowest BCUT2D eigenvalue weighted by Crippen LogP contribution is -2.27. The average molecular weight is 539 g/mol. The number of H-pyrrole nitrogens is 1. The summed E-state index contributed by atoms with van der Waals surface area (Å²) in [5, 5.41) is 13.9. The summed E-state index contributed by atoms with van der Waals surface area (Å²) in [5.41, 5.74) is 0.293. The minimum atomic E-state index is -0.924. The highest BCUT2D eigenvalue weighted by atomic mass is 16.7. The van der Waals surface area contributed by atoms with Crippen molar-refractivity contribution in [2.24, 2.45) is 0 Å². The summed E-state index contributed by atoms with van der Waals surface area (Å²) in [5.74, 6) is -0.584. The molecule has 11 heteroatoms. The summed E-state index contributed by atoms with van der Waals surface area (Å²) in [6.45, 7) is 4.24. The maximum Gasteiger partial charge on any atom is 0.343 e. The van der Waals surface area contributed by atoms with E-state index in [1.807, 2.05) is 6.92 Å². The van der Waals surface area contributed by atoms with E-state index in [1.54, 1.807) is 50.4 Å². The molecule has 0 fully saturated rings. The molecule has 4 rings (SSSR count). The molecule has 0 bridgehead atoms. The minimum absolute atomic E-state index is 0.0414. The summed E-state index contributed by atoms with van der Waals surface area (Å²) in [7, 11) is 1.55. The largest absolute Gasteiger partial charge is 0.506 e. The van der Waals surface area contributed by atoms with Crippen LogP contribution in [0.25, 0.3) is 0 Å². The molecule has 1 aliphatic heterocycles. The monoisotopic (exact) mass is 538 g/mol. The van der Waals surface area contributed by atoms with Crippen molar-refractivity contribution >= 4 is 11.9 Å². The number of hydrogen-bond acceptors (Lipinski definition) is 9. The molecule has 2 aromatic carbocycles. The second kappa shape index (κ2) is 12.2. The molecule has 1 amide bonds. The van der Waals surface area contributed by atoms with Gasteiger partial charge in [0.15, 0.2) is 23.0 Å². The number of aromatic amines is 1. The maximum absolute atomic E-state index is 13.2. The summed E-state index contributed by atoms with van der Waals surface area (Å²) >= 11 is 0. The average Bonchev–Trinajstić information content (AvgIpc) is 3.40. The Morgan fingerprint density at radius 1 is 1.08 bits per heavy atom. The second-order valence-corrected chi connectivity index (χ2v) is 8.58. The fraction of sp³-hybridized carbons (Fsp3) is 0.321. The van der Waals surface area contributed by atoms with Crippen molar-refractivity contribution in [1.82, 2.24) is 10.3 Å². The molecule has 1 aromatic heterocycles. The number of fused-ring (bicyclic) bond motifs is 1. The van der Waals surface area contributed by atoms with Crippen LogP contribution < -0.4 is 29.8 Å². The fourth-order valence-electron chi connectivity index (χ4n) is 4.30. The molecule has 0 saturated heterocycles. The Labute approximate surface area is 224 Å². The van der Waals surface area contributed by atoms with E-state index in [2.05, 4.69) is 10.3 Å². The van der Waals surface area contributed by atoms with Gasteiger partial charge in [-0.1, -0.05) is 12.1 Å². The number of aromatic nitrogens is 1.